The SMILES string of the molecule is CCCc1ccc2cccc(S(=O)(=O)O)c2c1. The van der Waals surface area contributed by atoms with E-state index in [-0.39, 0.29) is 4.90 Å². The number of hydrogen-bond donors (Lipinski definition) is 1. The second-order valence-electron chi connectivity index (χ2n) is 4.04. The molecule has 0 aromatic heterocycles. The first-order valence-electron chi connectivity index (χ1n) is 5.51. The van der Waals surface area contributed by atoms with Gasteiger partial charge in [-0.05, 0) is 29.5 Å². The van der Waals surface area contributed by atoms with Crippen LogP contribution in [0.1, 0.15) is 18.9 Å². The van der Waals surface area contributed by atoms with Crippen LogP contribution in [-0.4, -0.2) is 13.0 Å². The lowest BCUT2D eigenvalue weighted by Crippen LogP contribution is -1.99. The highest BCUT2D eigenvalue weighted by Crippen LogP contribution is 2.24. The van der Waals surface area contributed by atoms with Crippen LogP contribution >= 0.6 is 0 Å². The Hall–Kier alpha value is -1.39. The molecule has 0 fully saturated rings. The largest absolute Gasteiger partial charge is 0.295 e. The van der Waals surface area contributed by atoms with Crippen LogP contribution < -0.4 is 0 Å². The summed E-state index contributed by atoms with van der Waals surface area (Å²) in [7, 11) is -4.16. The summed E-state index contributed by atoms with van der Waals surface area (Å²) >= 11 is 0. The van der Waals surface area contributed by atoms with Crippen LogP contribution in [0.5, 0.6) is 0 Å². The zero-order chi connectivity index (χ0) is 12.5. The average Bonchev–Trinajstić information content (AvgIpc) is 2.27. The number of aryl methyl sites for hydroxylation is 1. The Morgan fingerprint density at radius 2 is 1.94 bits per heavy atom. The van der Waals surface area contributed by atoms with Crippen LogP contribution in [0.3, 0.4) is 0 Å². The van der Waals surface area contributed by atoms with Crippen molar-refractivity contribution in [2.75, 3.05) is 0 Å². The Labute approximate surface area is 101 Å². The molecule has 4 heteroatoms. The van der Waals surface area contributed by atoms with Crippen molar-refractivity contribution in [1.29, 1.82) is 0 Å². The van der Waals surface area contributed by atoms with Crippen LogP contribution in [0.25, 0.3) is 10.8 Å². The second kappa shape index (κ2) is 4.47. The van der Waals surface area contributed by atoms with Crippen molar-refractivity contribution in [1.82, 2.24) is 0 Å². The van der Waals surface area contributed by atoms with Gasteiger partial charge in [0.25, 0.3) is 10.1 Å². The van der Waals surface area contributed by atoms with Crippen LogP contribution in [0.15, 0.2) is 41.3 Å². The monoisotopic (exact) mass is 250 g/mol. The van der Waals surface area contributed by atoms with Crippen LogP contribution in [0.4, 0.5) is 0 Å². The molecule has 0 unspecified atom stereocenters. The highest BCUT2D eigenvalue weighted by molar-refractivity contribution is 7.86. The summed E-state index contributed by atoms with van der Waals surface area (Å²) in [4.78, 5) is -0.0204. The molecule has 2 aromatic carbocycles. The van der Waals surface area contributed by atoms with Gasteiger partial charge in [0.05, 0.1) is 0 Å². The zero-order valence-electron chi connectivity index (χ0n) is 9.55. The third-order valence-corrected chi connectivity index (χ3v) is 3.63. The van der Waals surface area contributed by atoms with Crippen molar-refractivity contribution in [3.63, 3.8) is 0 Å². The molecular formula is C13H14O3S. The van der Waals surface area contributed by atoms with E-state index in [1.165, 1.54) is 6.07 Å². The van der Waals surface area contributed by atoms with Crippen molar-refractivity contribution in [3.05, 3.63) is 42.0 Å². The first-order chi connectivity index (χ1) is 8.02. The Kier molecular flexibility index (Phi) is 3.17. The van der Waals surface area contributed by atoms with Crippen molar-refractivity contribution in [2.24, 2.45) is 0 Å². The first-order valence-corrected chi connectivity index (χ1v) is 6.95. The topological polar surface area (TPSA) is 54.4 Å². The predicted molar refractivity (Wildman–Crippen MR) is 67.8 cm³/mol. The standard InChI is InChI=1S/C13H14O3S/c1-2-4-10-7-8-11-5-3-6-13(12(11)9-10)17(14,15)16/h3,5-9H,2,4H2,1H3,(H,14,15,16). The summed E-state index contributed by atoms with van der Waals surface area (Å²) < 4.78 is 31.7. The maximum absolute atomic E-state index is 11.3. The summed E-state index contributed by atoms with van der Waals surface area (Å²) in [5, 5.41) is 1.40. The van der Waals surface area contributed by atoms with Gasteiger partial charge in [0.15, 0.2) is 0 Å². The molecule has 0 heterocycles. The molecule has 0 amide bonds. The Morgan fingerprint density at radius 1 is 1.18 bits per heavy atom. The van der Waals surface area contributed by atoms with Gasteiger partial charge in [-0.3, -0.25) is 4.55 Å². The minimum absolute atomic E-state index is 0.0204. The van der Waals surface area contributed by atoms with Crippen molar-refractivity contribution >= 4 is 20.9 Å². The molecule has 0 aliphatic carbocycles. The Balaban J connectivity index is 2.73. The van der Waals surface area contributed by atoms with Crippen LogP contribution in [-0.2, 0) is 16.5 Å². The normalized spacial score (nSPS) is 11.9. The lowest BCUT2D eigenvalue weighted by atomic mass is 10.0. The van der Waals surface area contributed by atoms with Gasteiger partial charge in [-0.15, -0.1) is 0 Å². The van der Waals surface area contributed by atoms with E-state index in [2.05, 4.69) is 6.92 Å². The highest BCUT2D eigenvalue weighted by Gasteiger charge is 2.13. The molecule has 0 saturated heterocycles. The lowest BCUT2D eigenvalue weighted by molar-refractivity contribution is 0.484. The van der Waals surface area contributed by atoms with Gasteiger partial charge >= 0.3 is 0 Å². The van der Waals surface area contributed by atoms with Gasteiger partial charge in [0, 0.05) is 5.39 Å². The molecule has 0 aliphatic rings. The zero-order valence-corrected chi connectivity index (χ0v) is 10.4. The number of hydrogen-bond acceptors (Lipinski definition) is 2. The molecule has 90 valence electrons. The fourth-order valence-corrected chi connectivity index (χ4v) is 2.67. The summed E-state index contributed by atoms with van der Waals surface area (Å²) in [6.45, 7) is 2.07. The van der Waals surface area contributed by atoms with Crippen LogP contribution in [0, 0.1) is 0 Å². The predicted octanol–water partition coefficient (Wildman–Crippen LogP) is 3.04. The summed E-state index contributed by atoms with van der Waals surface area (Å²) in [5.41, 5.74) is 1.08. The molecule has 17 heavy (non-hydrogen) atoms. The van der Waals surface area contributed by atoms with E-state index in [1.807, 2.05) is 24.3 Å². The molecule has 2 aromatic rings. The number of rotatable bonds is 3. The average molecular weight is 250 g/mol. The molecule has 0 aliphatic heterocycles. The van der Waals surface area contributed by atoms with E-state index in [0.717, 1.165) is 23.8 Å². The molecule has 2 rings (SSSR count). The minimum atomic E-state index is -4.16. The van der Waals surface area contributed by atoms with E-state index in [4.69, 9.17) is 0 Å². The minimum Gasteiger partial charge on any atom is -0.282 e. The summed E-state index contributed by atoms with van der Waals surface area (Å²) in [6, 6.07) is 10.6. The fraction of sp³-hybridized carbons (Fsp3) is 0.231. The molecule has 0 bridgehead atoms. The summed E-state index contributed by atoms with van der Waals surface area (Å²) in [5.74, 6) is 0. The van der Waals surface area contributed by atoms with Gasteiger partial charge in [-0.2, -0.15) is 8.42 Å². The molecule has 0 spiro atoms. The third-order valence-electron chi connectivity index (χ3n) is 2.72. The molecule has 0 atom stereocenters. The molecule has 1 N–H and O–H groups in total. The van der Waals surface area contributed by atoms with Crippen molar-refractivity contribution < 1.29 is 13.0 Å². The molecule has 3 nitrogen and oxygen atoms in total. The quantitative estimate of drug-likeness (QED) is 0.852. The van der Waals surface area contributed by atoms with Gasteiger partial charge in [-0.1, -0.05) is 37.6 Å². The molecule has 0 saturated carbocycles. The highest BCUT2D eigenvalue weighted by atomic mass is 32.2. The maximum atomic E-state index is 11.3. The van der Waals surface area contributed by atoms with Gasteiger partial charge in [0.1, 0.15) is 4.90 Å². The van der Waals surface area contributed by atoms with E-state index < -0.39 is 10.1 Å². The fourth-order valence-electron chi connectivity index (χ4n) is 1.96. The van der Waals surface area contributed by atoms with E-state index in [9.17, 15) is 13.0 Å². The number of fused-ring (bicyclic) bond motifs is 1. The molecular weight excluding hydrogens is 236 g/mol. The maximum Gasteiger partial charge on any atom is 0.295 e. The van der Waals surface area contributed by atoms with E-state index >= 15 is 0 Å². The van der Waals surface area contributed by atoms with Crippen molar-refractivity contribution in [3.8, 4) is 0 Å². The Bertz CT molecular complexity index is 645. The van der Waals surface area contributed by atoms with Crippen molar-refractivity contribution in [2.45, 2.75) is 24.7 Å². The molecule has 0 radical (unpaired) electrons. The van der Waals surface area contributed by atoms with E-state index in [0.29, 0.717) is 5.39 Å². The smallest absolute Gasteiger partial charge is 0.282 e. The number of benzene rings is 2. The van der Waals surface area contributed by atoms with Gasteiger partial charge in [0.2, 0.25) is 0 Å². The third kappa shape index (κ3) is 2.48. The Morgan fingerprint density at radius 3 is 2.59 bits per heavy atom. The second-order valence-corrected chi connectivity index (χ2v) is 5.43. The van der Waals surface area contributed by atoms with E-state index in [1.54, 1.807) is 6.07 Å². The first kappa shape index (κ1) is 12.1. The van der Waals surface area contributed by atoms with Crippen LogP contribution in [0.2, 0.25) is 0 Å². The lowest BCUT2D eigenvalue weighted by Gasteiger charge is -2.06. The van der Waals surface area contributed by atoms with Gasteiger partial charge < -0.3 is 0 Å². The van der Waals surface area contributed by atoms with Gasteiger partial charge in [-0.25, -0.2) is 0 Å². The summed E-state index contributed by atoms with van der Waals surface area (Å²) in [6.07, 6.45) is 1.90.